The van der Waals surface area contributed by atoms with Crippen LogP contribution in [0.25, 0.3) is 0 Å². The van der Waals surface area contributed by atoms with Crippen molar-refractivity contribution in [2.45, 2.75) is 45.7 Å². The van der Waals surface area contributed by atoms with E-state index in [4.69, 9.17) is 0 Å². The molecule has 0 aromatic rings. The molecule has 0 aliphatic rings. The summed E-state index contributed by atoms with van der Waals surface area (Å²) >= 11 is 0. The molecule has 6 heteroatoms. The van der Waals surface area contributed by atoms with E-state index in [1.807, 2.05) is 5.32 Å². The Bertz CT molecular complexity index is 232. The summed E-state index contributed by atoms with van der Waals surface area (Å²) < 4.78 is 35.5. The lowest BCUT2D eigenvalue weighted by Crippen LogP contribution is -2.40. The first-order chi connectivity index (χ1) is 8.39. The Balaban J connectivity index is 3.65. The van der Waals surface area contributed by atoms with Crippen LogP contribution in [0.5, 0.6) is 0 Å². The molecule has 0 radical (unpaired) electrons. The molecular formula is C12H23F3N2O. The second-order valence-electron chi connectivity index (χ2n) is 4.44. The maximum absolute atomic E-state index is 11.8. The molecule has 0 rings (SSSR count). The van der Waals surface area contributed by atoms with Gasteiger partial charge in [-0.1, -0.05) is 33.1 Å². The average Bonchev–Trinajstić information content (AvgIpc) is 2.30. The zero-order valence-corrected chi connectivity index (χ0v) is 11.1. The zero-order valence-electron chi connectivity index (χ0n) is 11.1. The van der Waals surface area contributed by atoms with E-state index in [0.717, 1.165) is 25.7 Å². The highest BCUT2D eigenvalue weighted by Crippen LogP contribution is 2.12. The van der Waals surface area contributed by atoms with Crippen molar-refractivity contribution in [2.75, 3.05) is 19.6 Å². The first kappa shape index (κ1) is 17.2. The van der Waals surface area contributed by atoms with Gasteiger partial charge >= 0.3 is 6.18 Å². The summed E-state index contributed by atoms with van der Waals surface area (Å²) in [4.78, 5) is 11.1. The van der Waals surface area contributed by atoms with Crippen LogP contribution in [0.2, 0.25) is 0 Å². The molecule has 0 aromatic carbocycles. The second-order valence-corrected chi connectivity index (χ2v) is 4.44. The van der Waals surface area contributed by atoms with Gasteiger partial charge in [0.05, 0.1) is 6.54 Å². The molecule has 1 atom stereocenters. The summed E-state index contributed by atoms with van der Waals surface area (Å²) in [6.07, 6.45) is 0.0209. The van der Waals surface area contributed by atoms with E-state index < -0.39 is 18.6 Å². The van der Waals surface area contributed by atoms with Crippen LogP contribution in [0.15, 0.2) is 0 Å². The lowest BCUT2D eigenvalue weighted by Gasteiger charge is -2.15. The predicted octanol–water partition coefficient (Wildman–Crippen LogP) is 2.47. The molecule has 0 spiro atoms. The molecule has 0 saturated heterocycles. The Hall–Kier alpha value is -0.780. The Morgan fingerprint density at radius 1 is 1.28 bits per heavy atom. The summed E-state index contributed by atoms with van der Waals surface area (Å²) in [5.41, 5.74) is 0. The van der Waals surface area contributed by atoms with Crippen LogP contribution in [-0.4, -0.2) is 31.7 Å². The molecule has 18 heavy (non-hydrogen) atoms. The predicted molar refractivity (Wildman–Crippen MR) is 65.2 cm³/mol. The number of hydrogen-bond acceptors (Lipinski definition) is 2. The van der Waals surface area contributed by atoms with Gasteiger partial charge in [0.1, 0.15) is 6.54 Å². The first-order valence-corrected chi connectivity index (χ1v) is 6.43. The van der Waals surface area contributed by atoms with Crippen LogP contribution >= 0.6 is 0 Å². The van der Waals surface area contributed by atoms with Gasteiger partial charge in [-0.15, -0.1) is 0 Å². The summed E-state index contributed by atoms with van der Waals surface area (Å²) in [6, 6.07) is 0. The first-order valence-electron chi connectivity index (χ1n) is 6.43. The highest BCUT2D eigenvalue weighted by molar-refractivity contribution is 5.77. The van der Waals surface area contributed by atoms with E-state index in [9.17, 15) is 18.0 Å². The number of carbonyl (C=O) groups is 1. The van der Waals surface area contributed by atoms with Crippen molar-refractivity contribution in [1.29, 1.82) is 0 Å². The van der Waals surface area contributed by atoms with Crippen LogP contribution in [-0.2, 0) is 4.79 Å². The van der Waals surface area contributed by atoms with Crippen molar-refractivity contribution < 1.29 is 18.0 Å². The molecule has 0 aromatic heterocycles. The molecule has 1 amide bonds. The van der Waals surface area contributed by atoms with Gasteiger partial charge in [0, 0.05) is 0 Å². The van der Waals surface area contributed by atoms with Gasteiger partial charge in [-0.3, -0.25) is 4.79 Å². The molecule has 3 nitrogen and oxygen atoms in total. The van der Waals surface area contributed by atoms with Crippen molar-refractivity contribution in [3.8, 4) is 0 Å². The largest absolute Gasteiger partial charge is 0.405 e. The number of alkyl halides is 3. The third-order valence-corrected chi connectivity index (χ3v) is 2.75. The third-order valence-electron chi connectivity index (χ3n) is 2.75. The molecule has 108 valence electrons. The molecule has 0 aliphatic heterocycles. The van der Waals surface area contributed by atoms with Crippen LogP contribution in [0, 0.1) is 5.92 Å². The van der Waals surface area contributed by atoms with Crippen LogP contribution in [0.4, 0.5) is 13.2 Å². The molecule has 0 heterocycles. The maximum atomic E-state index is 11.8. The summed E-state index contributed by atoms with van der Waals surface area (Å²) in [5.74, 6) is -0.127. The SMILES string of the molecule is CCCCC(CC)CNCC(=O)NCC(F)(F)F. The lowest BCUT2D eigenvalue weighted by molar-refractivity contribution is -0.137. The van der Waals surface area contributed by atoms with Crippen molar-refractivity contribution in [3.63, 3.8) is 0 Å². The fraction of sp³-hybridized carbons (Fsp3) is 0.917. The topological polar surface area (TPSA) is 41.1 Å². The molecule has 0 fully saturated rings. The number of nitrogens with one attached hydrogen (secondary N) is 2. The summed E-state index contributed by atoms with van der Waals surface area (Å²) in [5, 5.41) is 4.73. The molecule has 2 N–H and O–H groups in total. The normalized spacial score (nSPS) is 13.4. The monoisotopic (exact) mass is 268 g/mol. The minimum absolute atomic E-state index is 0.0568. The van der Waals surface area contributed by atoms with Gasteiger partial charge in [-0.05, 0) is 18.9 Å². The van der Waals surface area contributed by atoms with Crippen LogP contribution in [0.3, 0.4) is 0 Å². The molecule has 0 bridgehead atoms. The third kappa shape index (κ3) is 10.4. The number of hydrogen-bond donors (Lipinski definition) is 2. The minimum atomic E-state index is -4.34. The fourth-order valence-electron chi connectivity index (χ4n) is 1.59. The van der Waals surface area contributed by atoms with Gasteiger partial charge in [0.15, 0.2) is 0 Å². The Morgan fingerprint density at radius 2 is 1.94 bits per heavy atom. The van der Waals surface area contributed by atoms with E-state index in [1.54, 1.807) is 0 Å². The summed E-state index contributed by atoms with van der Waals surface area (Å²) in [6.45, 7) is 3.55. The molecule has 0 saturated carbocycles. The van der Waals surface area contributed by atoms with Crippen LogP contribution in [0.1, 0.15) is 39.5 Å². The van der Waals surface area contributed by atoms with E-state index >= 15 is 0 Å². The number of carbonyl (C=O) groups excluding carboxylic acids is 1. The number of halogens is 3. The van der Waals surface area contributed by atoms with E-state index in [1.165, 1.54) is 0 Å². The molecular weight excluding hydrogens is 245 g/mol. The van der Waals surface area contributed by atoms with E-state index in [0.29, 0.717) is 12.5 Å². The van der Waals surface area contributed by atoms with E-state index in [-0.39, 0.29) is 6.54 Å². The minimum Gasteiger partial charge on any atom is -0.346 e. The average molecular weight is 268 g/mol. The molecule has 1 unspecified atom stereocenters. The van der Waals surface area contributed by atoms with Gasteiger partial charge in [-0.25, -0.2) is 0 Å². The van der Waals surface area contributed by atoms with Crippen molar-refractivity contribution in [2.24, 2.45) is 5.92 Å². The van der Waals surface area contributed by atoms with Crippen LogP contribution < -0.4 is 10.6 Å². The van der Waals surface area contributed by atoms with Crippen molar-refractivity contribution >= 4 is 5.91 Å². The second kappa shape index (κ2) is 9.19. The Morgan fingerprint density at radius 3 is 2.44 bits per heavy atom. The molecule has 0 aliphatic carbocycles. The summed E-state index contributed by atoms with van der Waals surface area (Å²) in [7, 11) is 0. The highest BCUT2D eigenvalue weighted by Gasteiger charge is 2.27. The highest BCUT2D eigenvalue weighted by atomic mass is 19.4. The fourth-order valence-corrected chi connectivity index (χ4v) is 1.59. The Labute approximate surface area is 107 Å². The van der Waals surface area contributed by atoms with Crippen molar-refractivity contribution in [3.05, 3.63) is 0 Å². The standard InChI is InChI=1S/C12H23F3N2O/c1-3-5-6-10(4-2)7-16-8-11(18)17-9-12(13,14)15/h10,16H,3-9H2,1-2H3,(H,17,18). The van der Waals surface area contributed by atoms with Gasteiger partial charge < -0.3 is 10.6 Å². The van der Waals surface area contributed by atoms with Gasteiger partial charge in [-0.2, -0.15) is 13.2 Å². The number of rotatable bonds is 9. The number of amides is 1. The van der Waals surface area contributed by atoms with E-state index in [2.05, 4.69) is 19.2 Å². The smallest absolute Gasteiger partial charge is 0.346 e. The quantitative estimate of drug-likeness (QED) is 0.674. The lowest BCUT2D eigenvalue weighted by atomic mass is 9.99. The van der Waals surface area contributed by atoms with Gasteiger partial charge in [0.25, 0.3) is 0 Å². The zero-order chi connectivity index (χ0) is 14.0. The van der Waals surface area contributed by atoms with Gasteiger partial charge in [0.2, 0.25) is 5.91 Å². The Kier molecular flexibility index (Phi) is 8.79. The van der Waals surface area contributed by atoms with Crippen molar-refractivity contribution in [1.82, 2.24) is 10.6 Å². The number of unbranched alkanes of at least 4 members (excludes halogenated alkanes) is 1. The maximum Gasteiger partial charge on any atom is 0.405 e.